The van der Waals surface area contributed by atoms with Crippen LogP contribution >= 0.6 is 0 Å². The van der Waals surface area contributed by atoms with Gasteiger partial charge in [0.25, 0.3) is 16.1 Å². The topological polar surface area (TPSA) is 83.7 Å². The van der Waals surface area contributed by atoms with Crippen LogP contribution in [0.25, 0.3) is 0 Å². The molecule has 104 valence electrons. The Morgan fingerprint density at radius 3 is 2.26 bits per heavy atom. The van der Waals surface area contributed by atoms with Crippen molar-refractivity contribution < 1.29 is 17.6 Å². The highest BCUT2D eigenvalue weighted by Gasteiger charge is 2.27. The van der Waals surface area contributed by atoms with Crippen molar-refractivity contribution in [3.63, 3.8) is 0 Å². The van der Waals surface area contributed by atoms with Gasteiger partial charge in [-0.3, -0.25) is 4.79 Å². The number of benzene rings is 1. The summed E-state index contributed by atoms with van der Waals surface area (Å²) in [6.07, 6.45) is 0. The molecule has 1 heterocycles. The third kappa shape index (κ3) is 3.09. The van der Waals surface area contributed by atoms with Crippen LogP contribution in [-0.2, 0) is 10.2 Å². The van der Waals surface area contributed by atoms with Gasteiger partial charge in [0, 0.05) is 26.2 Å². The van der Waals surface area contributed by atoms with Crippen LogP contribution in [-0.4, -0.2) is 49.7 Å². The molecule has 1 fully saturated rings. The first-order valence-corrected chi connectivity index (χ1v) is 7.21. The Kier molecular flexibility index (Phi) is 3.83. The van der Waals surface area contributed by atoms with Crippen molar-refractivity contribution in [2.75, 3.05) is 26.2 Å². The van der Waals surface area contributed by atoms with E-state index in [9.17, 15) is 17.6 Å². The number of amides is 1. The molecule has 6 nitrogen and oxygen atoms in total. The highest BCUT2D eigenvalue weighted by atomic mass is 32.2. The predicted molar refractivity (Wildman–Crippen MR) is 67.0 cm³/mol. The zero-order valence-electron chi connectivity index (χ0n) is 10.1. The molecule has 0 atom stereocenters. The average molecular weight is 287 g/mol. The van der Waals surface area contributed by atoms with Crippen LogP contribution in [0.2, 0.25) is 0 Å². The van der Waals surface area contributed by atoms with Crippen molar-refractivity contribution in [3.8, 4) is 0 Å². The van der Waals surface area contributed by atoms with Crippen LogP contribution in [0.15, 0.2) is 24.3 Å². The van der Waals surface area contributed by atoms with Gasteiger partial charge in [0.2, 0.25) is 0 Å². The van der Waals surface area contributed by atoms with Gasteiger partial charge in [-0.2, -0.15) is 12.7 Å². The number of nitrogens with two attached hydrogens (primary N) is 1. The molecular formula is C11H14FN3O3S. The number of halogens is 1. The maximum Gasteiger partial charge on any atom is 0.277 e. The summed E-state index contributed by atoms with van der Waals surface area (Å²) in [5.41, 5.74) is -0.00782. The maximum atomic E-state index is 13.5. The van der Waals surface area contributed by atoms with Crippen LogP contribution in [0.4, 0.5) is 4.39 Å². The molecule has 1 aromatic carbocycles. The first-order chi connectivity index (χ1) is 8.89. The van der Waals surface area contributed by atoms with E-state index in [0.717, 1.165) is 4.31 Å². The fourth-order valence-corrected chi connectivity index (χ4v) is 2.62. The van der Waals surface area contributed by atoms with Gasteiger partial charge < -0.3 is 4.90 Å². The van der Waals surface area contributed by atoms with Crippen molar-refractivity contribution in [1.82, 2.24) is 9.21 Å². The van der Waals surface area contributed by atoms with Crippen LogP contribution in [0.5, 0.6) is 0 Å². The predicted octanol–water partition coefficient (Wildman–Crippen LogP) is -0.213. The Bertz CT molecular complexity index is 583. The second-order valence-electron chi connectivity index (χ2n) is 4.22. The summed E-state index contributed by atoms with van der Waals surface area (Å²) in [4.78, 5) is 13.5. The zero-order chi connectivity index (χ0) is 14.0. The lowest BCUT2D eigenvalue weighted by Crippen LogP contribution is -2.52. The SMILES string of the molecule is NS(=O)(=O)N1CCN(C(=O)c2ccccc2F)CC1. The van der Waals surface area contributed by atoms with Gasteiger partial charge >= 0.3 is 0 Å². The summed E-state index contributed by atoms with van der Waals surface area (Å²) in [7, 11) is -3.73. The van der Waals surface area contributed by atoms with Crippen LogP contribution in [0.3, 0.4) is 0 Å². The second kappa shape index (κ2) is 5.24. The van der Waals surface area contributed by atoms with Gasteiger partial charge in [0.05, 0.1) is 5.56 Å². The van der Waals surface area contributed by atoms with Gasteiger partial charge in [-0.15, -0.1) is 0 Å². The highest BCUT2D eigenvalue weighted by Crippen LogP contribution is 2.12. The standard InChI is InChI=1S/C11H14FN3O3S/c12-10-4-2-1-3-9(10)11(16)14-5-7-15(8-6-14)19(13,17)18/h1-4H,5-8H2,(H2,13,17,18). The molecule has 1 aromatic rings. The van der Waals surface area contributed by atoms with Crippen LogP contribution in [0, 0.1) is 5.82 Å². The van der Waals surface area contributed by atoms with E-state index in [2.05, 4.69) is 0 Å². The fourth-order valence-electron chi connectivity index (χ4n) is 1.95. The number of hydrogen-bond acceptors (Lipinski definition) is 3. The van der Waals surface area contributed by atoms with Gasteiger partial charge in [-0.05, 0) is 12.1 Å². The van der Waals surface area contributed by atoms with E-state index in [1.807, 2.05) is 0 Å². The fraction of sp³-hybridized carbons (Fsp3) is 0.364. The summed E-state index contributed by atoms with van der Waals surface area (Å²) >= 11 is 0. The van der Waals surface area contributed by atoms with Crippen molar-refractivity contribution in [2.24, 2.45) is 5.14 Å². The number of piperazine rings is 1. The number of nitrogens with zero attached hydrogens (tertiary/aromatic N) is 2. The summed E-state index contributed by atoms with van der Waals surface area (Å²) in [5.74, 6) is -1.02. The first kappa shape index (κ1) is 13.9. The summed E-state index contributed by atoms with van der Waals surface area (Å²) < 4.78 is 36.8. The molecule has 0 bridgehead atoms. The van der Waals surface area contributed by atoms with E-state index in [-0.39, 0.29) is 31.7 Å². The molecule has 19 heavy (non-hydrogen) atoms. The average Bonchev–Trinajstić information content (AvgIpc) is 2.38. The Hall–Kier alpha value is -1.51. The zero-order valence-corrected chi connectivity index (χ0v) is 10.9. The van der Waals surface area contributed by atoms with E-state index in [1.54, 1.807) is 6.07 Å². The minimum atomic E-state index is -3.73. The summed E-state index contributed by atoms with van der Waals surface area (Å²) in [5, 5.41) is 5.00. The molecule has 0 spiro atoms. The number of rotatable bonds is 2. The Morgan fingerprint density at radius 2 is 1.74 bits per heavy atom. The molecule has 0 unspecified atom stereocenters. The van der Waals surface area contributed by atoms with Crippen molar-refractivity contribution >= 4 is 16.1 Å². The minimum Gasteiger partial charge on any atom is -0.336 e. The minimum absolute atomic E-state index is 0.00782. The van der Waals surface area contributed by atoms with E-state index in [4.69, 9.17) is 5.14 Å². The molecule has 8 heteroatoms. The van der Waals surface area contributed by atoms with Crippen LogP contribution in [0.1, 0.15) is 10.4 Å². The van der Waals surface area contributed by atoms with Gasteiger partial charge in [0.15, 0.2) is 0 Å². The first-order valence-electron chi connectivity index (χ1n) is 5.71. The van der Waals surface area contributed by atoms with E-state index < -0.39 is 21.9 Å². The molecule has 1 aliphatic heterocycles. The lowest BCUT2D eigenvalue weighted by Gasteiger charge is -2.33. The largest absolute Gasteiger partial charge is 0.336 e. The molecule has 0 radical (unpaired) electrons. The molecule has 1 amide bonds. The molecule has 2 rings (SSSR count). The number of hydrogen-bond donors (Lipinski definition) is 1. The molecule has 1 saturated heterocycles. The van der Waals surface area contributed by atoms with Crippen molar-refractivity contribution in [3.05, 3.63) is 35.6 Å². The van der Waals surface area contributed by atoms with E-state index in [0.29, 0.717) is 0 Å². The van der Waals surface area contributed by atoms with Gasteiger partial charge in [-0.1, -0.05) is 12.1 Å². The number of carbonyl (C=O) groups excluding carboxylic acids is 1. The van der Waals surface area contributed by atoms with E-state index >= 15 is 0 Å². The second-order valence-corrected chi connectivity index (χ2v) is 5.76. The molecular weight excluding hydrogens is 273 g/mol. The molecule has 0 aromatic heterocycles. The lowest BCUT2D eigenvalue weighted by molar-refractivity contribution is 0.0693. The van der Waals surface area contributed by atoms with E-state index in [1.165, 1.54) is 23.1 Å². The third-order valence-electron chi connectivity index (χ3n) is 2.99. The highest BCUT2D eigenvalue weighted by molar-refractivity contribution is 7.86. The van der Waals surface area contributed by atoms with Gasteiger partial charge in [-0.25, -0.2) is 9.53 Å². The third-order valence-corrected chi connectivity index (χ3v) is 4.07. The van der Waals surface area contributed by atoms with Crippen molar-refractivity contribution in [1.29, 1.82) is 0 Å². The smallest absolute Gasteiger partial charge is 0.277 e. The molecule has 1 aliphatic rings. The monoisotopic (exact) mass is 287 g/mol. The molecule has 0 saturated carbocycles. The Labute approximate surface area is 110 Å². The molecule has 0 aliphatic carbocycles. The van der Waals surface area contributed by atoms with Crippen molar-refractivity contribution in [2.45, 2.75) is 0 Å². The van der Waals surface area contributed by atoms with Gasteiger partial charge in [0.1, 0.15) is 5.82 Å². The normalized spacial score (nSPS) is 17.5. The quantitative estimate of drug-likeness (QED) is 0.816. The lowest BCUT2D eigenvalue weighted by atomic mass is 10.1. The Morgan fingerprint density at radius 1 is 1.16 bits per heavy atom. The van der Waals surface area contributed by atoms with Crippen LogP contribution < -0.4 is 5.14 Å². The maximum absolute atomic E-state index is 13.5. The summed E-state index contributed by atoms with van der Waals surface area (Å²) in [6.45, 7) is 0.644. The summed E-state index contributed by atoms with van der Waals surface area (Å²) in [6, 6.07) is 5.71. The molecule has 2 N–H and O–H groups in total. The number of carbonyl (C=O) groups is 1. The Balaban J connectivity index is 2.07.